The highest BCUT2D eigenvalue weighted by atomic mass is 79.9. The molecule has 0 heterocycles. The average Bonchev–Trinajstić information content (AvgIpc) is 3.45. The van der Waals surface area contributed by atoms with Crippen LogP contribution < -0.4 is 10.6 Å². The first-order chi connectivity index (χ1) is 23.4. The van der Waals surface area contributed by atoms with Crippen LogP contribution in [-0.4, -0.2) is 46.4 Å². The number of halogens is 4. The van der Waals surface area contributed by atoms with Crippen LogP contribution in [0.15, 0.2) is 89.7 Å². The van der Waals surface area contributed by atoms with Crippen molar-refractivity contribution in [1.29, 1.82) is 0 Å². The molecule has 8 nitrogen and oxygen atoms in total. The Balaban J connectivity index is 0.987. The molecule has 0 atom stereocenters. The van der Waals surface area contributed by atoms with Crippen molar-refractivity contribution in [2.24, 2.45) is 0 Å². The van der Waals surface area contributed by atoms with E-state index in [1.165, 1.54) is 12.2 Å². The Morgan fingerprint density at radius 3 is 1.20 bits per heavy atom. The predicted molar refractivity (Wildman–Crippen MR) is 204 cm³/mol. The third-order valence-electron chi connectivity index (χ3n) is 8.21. The summed E-state index contributed by atoms with van der Waals surface area (Å²) in [7, 11) is 0. The quantitative estimate of drug-likeness (QED) is 0.0703. The Morgan fingerprint density at radius 2 is 0.837 bits per heavy atom. The minimum Gasteiger partial charge on any atom is -0.506 e. The van der Waals surface area contributed by atoms with Gasteiger partial charge in [0.2, 0.25) is 0 Å². The van der Waals surface area contributed by atoms with Gasteiger partial charge in [-0.05, 0) is 167 Å². The number of ketones is 4. The second-order valence-corrected chi connectivity index (χ2v) is 15.0. The minimum absolute atomic E-state index is 0.0376. The zero-order chi connectivity index (χ0) is 35.0. The third-order valence-corrected chi connectivity index (χ3v) is 10.6. The molecule has 6 rings (SSSR count). The van der Waals surface area contributed by atoms with E-state index in [0.717, 1.165) is 30.6 Å². The summed E-state index contributed by atoms with van der Waals surface area (Å²) in [5.41, 5.74) is 4.33. The summed E-state index contributed by atoms with van der Waals surface area (Å²) in [6.07, 6.45) is 5.73. The van der Waals surface area contributed by atoms with Crippen molar-refractivity contribution in [3.05, 3.63) is 123 Å². The Labute approximate surface area is 315 Å². The Hall–Kier alpha value is -3.84. The molecule has 248 valence electrons. The van der Waals surface area contributed by atoms with Crippen molar-refractivity contribution in [2.75, 3.05) is 23.7 Å². The number of Topliss-reactive ketones (excluding diaryl/α,β-unsaturated/α-hetero) is 4. The standard InChI is InChI=1S/C37H26Br4N2O6/c38-28-12-18(13-29(39)36(28)48)10-26-32(44)22-6-4-20(16-24(22)34(26)46)42-8-2-1-3-9-43-21-5-7-23-25(17-21)35(47)27(33(23)45)11-19-14-30(40)37(49)31(41)15-19/h4-7,10-17,42-43,48-49H,1-3,8-9H2/b26-10-,27-11-. The normalized spacial score (nSPS) is 15.3. The number of allylic oxidation sites excluding steroid dienone is 2. The number of fused-ring (bicyclic) bond motifs is 2. The molecular formula is C37H26Br4N2O6. The van der Waals surface area contributed by atoms with Crippen LogP contribution in [0.25, 0.3) is 12.2 Å². The second kappa shape index (κ2) is 14.6. The first-order valence-electron chi connectivity index (χ1n) is 15.2. The van der Waals surface area contributed by atoms with Crippen LogP contribution in [-0.2, 0) is 0 Å². The van der Waals surface area contributed by atoms with Gasteiger partial charge < -0.3 is 20.8 Å². The van der Waals surface area contributed by atoms with Gasteiger partial charge in [0.05, 0.1) is 29.0 Å². The number of carbonyl (C=O) groups is 4. The van der Waals surface area contributed by atoms with Crippen LogP contribution in [0.4, 0.5) is 11.4 Å². The maximum absolute atomic E-state index is 13.1. The van der Waals surface area contributed by atoms with Crippen molar-refractivity contribution in [3.8, 4) is 11.5 Å². The molecule has 2 aliphatic rings. The Bertz CT molecular complexity index is 1960. The fourth-order valence-electron chi connectivity index (χ4n) is 5.69. The molecule has 0 bridgehead atoms. The number of aromatic hydroxyl groups is 2. The molecule has 0 saturated carbocycles. The highest BCUT2D eigenvalue weighted by Gasteiger charge is 2.34. The molecule has 0 spiro atoms. The fourth-order valence-corrected chi connectivity index (χ4v) is 8.14. The molecule has 0 unspecified atom stereocenters. The van der Waals surface area contributed by atoms with E-state index < -0.39 is 0 Å². The number of phenols is 2. The van der Waals surface area contributed by atoms with Gasteiger partial charge in [-0.2, -0.15) is 0 Å². The molecule has 49 heavy (non-hydrogen) atoms. The molecule has 0 radical (unpaired) electrons. The zero-order valence-electron chi connectivity index (χ0n) is 25.5. The van der Waals surface area contributed by atoms with Crippen molar-refractivity contribution < 1.29 is 29.4 Å². The number of anilines is 2. The van der Waals surface area contributed by atoms with E-state index in [1.54, 1.807) is 60.7 Å². The van der Waals surface area contributed by atoms with Crippen LogP contribution in [0.1, 0.15) is 71.8 Å². The number of hydrogen-bond donors (Lipinski definition) is 4. The lowest BCUT2D eigenvalue weighted by Crippen LogP contribution is -2.06. The highest BCUT2D eigenvalue weighted by Crippen LogP contribution is 2.37. The molecule has 0 aliphatic heterocycles. The van der Waals surface area contributed by atoms with Gasteiger partial charge >= 0.3 is 0 Å². The van der Waals surface area contributed by atoms with Crippen molar-refractivity contribution in [2.45, 2.75) is 19.3 Å². The van der Waals surface area contributed by atoms with Crippen LogP contribution in [0.3, 0.4) is 0 Å². The Morgan fingerprint density at radius 1 is 0.490 bits per heavy atom. The molecule has 2 aliphatic carbocycles. The van der Waals surface area contributed by atoms with Crippen LogP contribution in [0, 0.1) is 0 Å². The number of benzene rings is 4. The first kappa shape index (κ1) is 35.0. The van der Waals surface area contributed by atoms with E-state index in [-0.39, 0.29) is 45.8 Å². The summed E-state index contributed by atoms with van der Waals surface area (Å²) < 4.78 is 1.78. The number of nitrogens with one attached hydrogen (secondary N) is 2. The maximum Gasteiger partial charge on any atom is 0.197 e. The van der Waals surface area contributed by atoms with Gasteiger partial charge in [-0.3, -0.25) is 19.2 Å². The molecule has 0 saturated heterocycles. The number of unbranched alkanes of at least 4 members (excludes halogenated alkanes) is 2. The summed E-state index contributed by atoms with van der Waals surface area (Å²) in [5.74, 6) is -1.25. The molecule has 4 aromatic rings. The molecule has 0 aromatic heterocycles. The third kappa shape index (κ3) is 7.23. The lowest BCUT2D eigenvalue weighted by Gasteiger charge is -2.09. The van der Waals surface area contributed by atoms with Crippen LogP contribution in [0.2, 0.25) is 0 Å². The molecular weight excluding hydrogens is 888 g/mol. The summed E-state index contributed by atoms with van der Waals surface area (Å²) >= 11 is 13.1. The topological polar surface area (TPSA) is 133 Å². The van der Waals surface area contributed by atoms with E-state index in [9.17, 15) is 29.4 Å². The van der Waals surface area contributed by atoms with Crippen LogP contribution >= 0.6 is 63.7 Å². The molecule has 4 N–H and O–H groups in total. The van der Waals surface area contributed by atoms with Gasteiger partial charge in [-0.1, -0.05) is 0 Å². The van der Waals surface area contributed by atoms with Gasteiger partial charge in [-0.25, -0.2) is 0 Å². The van der Waals surface area contributed by atoms with Gasteiger partial charge in [0.1, 0.15) is 11.5 Å². The zero-order valence-corrected chi connectivity index (χ0v) is 31.8. The van der Waals surface area contributed by atoms with Gasteiger partial charge in [-0.15, -0.1) is 0 Å². The molecule has 12 heteroatoms. The van der Waals surface area contributed by atoms with E-state index >= 15 is 0 Å². The molecule has 4 aromatic carbocycles. The van der Waals surface area contributed by atoms with E-state index in [2.05, 4.69) is 74.4 Å². The number of hydrogen-bond acceptors (Lipinski definition) is 8. The number of rotatable bonds is 10. The average molecular weight is 914 g/mol. The SMILES string of the molecule is O=C1/C(=C/c2cc(Br)c(O)c(Br)c2)C(=O)c2cc(NCCCCCNc3ccc4c(c3)C(=O)/C(=C\c3cc(Br)c(O)c(Br)c3)C4=O)ccc21. The van der Waals surface area contributed by atoms with E-state index in [1.807, 2.05) is 0 Å². The molecule has 0 fully saturated rings. The second-order valence-electron chi connectivity index (χ2n) is 11.5. The Kier molecular flexibility index (Phi) is 10.4. The van der Waals surface area contributed by atoms with Crippen molar-refractivity contribution >= 4 is 110 Å². The van der Waals surface area contributed by atoms with E-state index in [0.29, 0.717) is 64.4 Å². The van der Waals surface area contributed by atoms with Gasteiger partial charge in [0.25, 0.3) is 0 Å². The summed E-state index contributed by atoms with van der Waals surface area (Å²) in [6.45, 7) is 1.36. The summed E-state index contributed by atoms with van der Waals surface area (Å²) in [5, 5.41) is 26.6. The highest BCUT2D eigenvalue weighted by molar-refractivity contribution is 9.11. The van der Waals surface area contributed by atoms with Gasteiger partial charge in [0.15, 0.2) is 23.1 Å². The summed E-state index contributed by atoms with van der Waals surface area (Å²) in [4.78, 5) is 52.3. The largest absolute Gasteiger partial charge is 0.506 e. The number of phenolic OH excluding ortho intramolecular Hbond substituents is 2. The lowest BCUT2D eigenvalue weighted by atomic mass is 10.1. The number of carbonyl (C=O) groups excluding carboxylic acids is 4. The lowest BCUT2D eigenvalue weighted by molar-refractivity contribution is 0.0975. The van der Waals surface area contributed by atoms with E-state index in [4.69, 9.17) is 0 Å². The van der Waals surface area contributed by atoms with Crippen molar-refractivity contribution in [1.82, 2.24) is 0 Å². The summed E-state index contributed by atoms with van der Waals surface area (Å²) in [6, 6.07) is 16.9. The maximum atomic E-state index is 13.1. The minimum atomic E-state index is -0.334. The monoisotopic (exact) mass is 910 g/mol. The predicted octanol–water partition coefficient (Wildman–Crippen LogP) is 9.77. The van der Waals surface area contributed by atoms with Crippen molar-refractivity contribution in [3.63, 3.8) is 0 Å². The first-order valence-corrected chi connectivity index (χ1v) is 18.3. The fraction of sp³-hybridized carbons (Fsp3) is 0.135. The van der Waals surface area contributed by atoms with Gasteiger partial charge in [0, 0.05) is 46.7 Å². The van der Waals surface area contributed by atoms with Crippen LogP contribution in [0.5, 0.6) is 11.5 Å². The smallest absolute Gasteiger partial charge is 0.197 e. The molecule has 0 amide bonds.